The molecule has 1 N–H and O–H groups in total. The van der Waals surface area contributed by atoms with Crippen LogP contribution >= 0.6 is 11.6 Å². The first kappa shape index (κ1) is 18.2. The highest BCUT2D eigenvalue weighted by molar-refractivity contribution is 6.31. The molecular formula is C20H19ClN2O3. The van der Waals surface area contributed by atoms with E-state index >= 15 is 0 Å². The van der Waals surface area contributed by atoms with E-state index in [4.69, 9.17) is 16.0 Å². The second-order valence-electron chi connectivity index (χ2n) is 6.22. The van der Waals surface area contributed by atoms with Crippen LogP contribution in [-0.4, -0.2) is 31.4 Å². The number of halogens is 1. The first-order valence-corrected chi connectivity index (χ1v) is 8.56. The van der Waals surface area contributed by atoms with Crippen molar-refractivity contribution in [2.24, 2.45) is 0 Å². The Balaban J connectivity index is 1.80. The molecule has 0 radical (unpaired) electrons. The molecule has 0 bridgehead atoms. The molecule has 0 aliphatic rings. The summed E-state index contributed by atoms with van der Waals surface area (Å²) in [5, 5.41) is 3.64. The maximum absolute atomic E-state index is 12.5. The predicted molar refractivity (Wildman–Crippen MR) is 103 cm³/mol. The van der Waals surface area contributed by atoms with Gasteiger partial charge < -0.3 is 14.6 Å². The van der Waals surface area contributed by atoms with Crippen LogP contribution < -0.4 is 10.7 Å². The van der Waals surface area contributed by atoms with Gasteiger partial charge in [0.15, 0.2) is 11.2 Å². The average molecular weight is 371 g/mol. The van der Waals surface area contributed by atoms with Gasteiger partial charge in [-0.05, 0) is 37.9 Å². The van der Waals surface area contributed by atoms with Crippen molar-refractivity contribution in [2.75, 3.05) is 20.6 Å². The zero-order valence-electron chi connectivity index (χ0n) is 14.5. The summed E-state index contributed by atoms with van der Waals surface area (Å²) in [5.41, 5.74) is 1.12. The molecule has 0 fully saturated rings. The summed E-state index contributed by atoms with van der Waals surface area (Å²) in [7, 11) is 3.90. The van der Waals surface area contributed by atoms with Gasteiger partial charge in [-0.1, -0.05) is 41.9 Å². The maximum Gasteiger partial charge on any atom is 0.287 e. The maximum atomic E-state index is 12.5. The molecule has 1 amide bonds. The molecule has 26 heavy (non-hydrogen) atoms. The van der Waals surface area contributed by atoms with Crippen molar-refractivity contribution in [1.29, 1.82) is 0 Å². The number of hydrogen-bond acceptors (Lipinski definition) is 4. The van der Waals surface area contributed by atoms with Gasteiger partial charge >= 0.3 is 0 Å². The predicted octanol–water partition coefficient (Wildman–Crippen LogP) is 3.48. The van der Waals surface area contributed by atoms with Gasteiger partial charge in [-0.25, -0.2) is 0 Å². The summed E-state index contributed by atoms with van der Waals surface area (Å²) in [6.07, 6.45) is 0. The molecule has 1 atom stereocenters. The zero-order chi connectivity index (χ0) is 18.7. The Kier molecular flexibility index (Phi) is 5.40. The van der Waals surface area contributed by atoms with Crippen LogP contribution in [0.5, 0.6) is 0 Å². The van der Waals surface area contributed by atoms with Crippen LogP contribution in [0.2, 0.25) is 5.02 Å². The molecule has 1 heterocycles. The largest absolute Gasteiger partial charge is 0.451 e. The summed E-state index contributed by atoms with van der Waals surface area (Å²) >= 11 is 5.90. The number of carbonyl (C=O) groups is 1. The molecule has 0 unspecified atom stereocenters. The van der Waals surface area contributed by atoms with Crippen LogP contribution in [0.3, 0.4) is 0 Å². The second kappa shape index (κ2) is 7.72. The fourth-order valence-corrected chi connectivity index (χ4v) is 2.96. The van der Waals surface area contributed by atoms with Crippen LogP contribution in [0.4, 0.5) is 0 Å². The normalized spacial score (nSPS) is 12.3. The van der Waals surface area contributed by atoms with Crippen molar-refractivity contribution in [3.05, 3.63) is 81.2 Å². The summed E-state index contributed by atoms with van der Waals surface area (Å²) in [6, 6.07) is 15.8. The van der Waals surface area contributed by atoms with E-state index in [1.54, 1.807) is 12.1 Å². The summed E-state index contributed by atoms with van der Waals surface area (Å²) < 4.78 is 5.57. The Morgan fingerprint density at radius 2 is 1.88 bits per heavy atom. The molecule has 0 saturated carbocycles. The number of nitrogens with one attached hydrogen (secondary N) is 1. The molecule has 6 heteroatoms. The molecule has 2 aromatic carbocycles. The van der Waals surface area contributed by atoms with E-state index in [0.29, 0.717) is 22.5 Å². The fourth-order valence-electron chi connectivity index (χ4n) is 2.79. The SMILES string of the molecule is CN(C)[C@@H](CNC(=O)c1cc(=O)c2cc(Cl)ccc2o1)c1ccccc1. The van der Waals surface area contributed by atoms with Crippen LogP contribution in [0, 0.1) is 0 Å². The molecule has 0 spiro atoms. The van der Waals surface area contributed by atoms with E-state index in [1.165, 1.54) is 12.1 Å². The topological polar surface area (TPSA) is 62.6 Å². The van der Waals surface area contributed by atoms with Gasteiger partial charge in [0.05, 0.1) is 11.4 Å². The Labute approximate surface area is 156 Å². The number of nitrogens with zero attached hydrogens (tertiary/aromatic N) is 1. The van der Waals surface area contributed by atoms with E-state index in [1.807, 2.05) is 49.3 Å². The minimum absolute atomic E-state index is 0.00568. The first-order valence-electron chi connectivity index (χ1n) is 8.18. The highest BCUT2D eigenvalue weighted by atomic mass is 35.5. The summed E-state index contributed by atoms with van der Waals surface area (Å²) in [5.74, 6) is -0.447. The van der Waals surface area contributed by atoms with Crippen molar-refractivity contribution in [2.45, 2.75) is 6.04 Å². The van der Waals surface area contributed by atoms with Crippen LogP contribution in [0.25, 0.3) is 11.0 Å². The van der Waals surface area contributed by atoms with Gasteiger partial charge in [0.1, 0.15) is 5.58 Å². The van der Waals surface area contributed by atoms with Gasteiger partial charge in [0.25, 0.3) is 5.91 Å². The number of fused-ring (bicyclic) bond motifs is 1. The van der Waals surface area contributed by atoms with Crippen molar-refractivity contribution in [3.63, 3.8) is 0 Å². The molecule has 0 aliphatic heterocycles. The third-order valence-electron chi connectivity index (χ3n) is 4.18. The lowest BCUT2D eigenvalue weighted by atomic mass is 10.1. The zero-order valence-corrected chi connectivity index (χ0v) is 15.3. The van der Waals surface area contributed by atoms with Gasteiger partial charge in [-0.15, -0.1) is 0 Å². The van der Waals surface area contributed by atoms with Crippen molar-refractivity contribution < 1.29 is 9.21 Å². The molecular weight excluding hydrogens is 352 g/mol. The molecule has 3 rings (SSSR count). The fraction of sp³-hybridized carbons (Fsp3) is 0.200. The number of benzene rings is 2. The van der Waals surface area contributed by atoms with Crippen LogP contribution in [-0.2, 0) is 0 Å². The smallest absolute Gasteiger partial charge is 0.287 e. The van der Waals surface area contributed by atoms with Gasteiger partial charge in [0, 0.05) is 17.6 Å². The molecule has 5 nitrogen and oxygen atoms in total. The van der Waals surface area contributed by atoms with Crippen molar-refractivity contribution >= 4 is 28.5 Å². The van der Waals surface area contributed by atoms with Crippen molar-refractivity contribution in [3.8, 4) is 0 Å². The lowest BCUT2D eigenvalue weighted by Crippen LogP contribution is -2.34. The Morgan fingerprint density at radius 3 is 2.58 bits per heavy atom. The van der Waals surface area contributed by atoms with E-state index < -0.39 is 5.91 Å². The lowest BCUT2D eigenvalue weighted by molar-refractivity contribution is 0.0914. The minimum Gasteiger partial charge on any atom is -0.451 e. The van der Waals surface area contributed by atoms with Crippen LogP contribution in [0.1, 0.15) is 22.2 Å². The highest BCUT2D eigenvalue weighted by Crippen LogP contribution is 2.19. The Morgan fingerprint density at radius 1 is 1.15 bits per heavy atom. The average Bonchev–Trinajstić information content (AvgIpc) is 2.62. The van der Waals surface area contributed by atoms with Gasteiger partial charge in [-0.2, -0.15) is 0 Å². The number of amides is 1. The molecule has 1 aromatic heterocycles. The quantitative estimate of drug-likeness (QED) is 0.746. The van der Waals surface area contributed by atoms with Crippen molar-refractivity contribution in [1.82, 2.24) is 10.2 Å². The monoisotopic (exact) mass is 370 g/mol. The molecule has 0 saturated heterocycles. The number of rotatable bonds is 5. The molecule has 134 valence electrons. The third kappa shape index (κ3) is 3.95. The van der Waals surface area contributed by atoms with Gasteiger partial charge in [-0.3, -0.25) is 9.59 Å². The summed E-state index contributed by atoms with van der Waals surface area (Å²) in [6.45, 7) is 0.387. The van der Waals surface area contributed by atoms with E-state index in [-0.39, 0.29) is 17.2 Å². The molecule has 0 aliphatic carbocycles. The minimum atomic E-state index is -0.429. The third-order valence-corrected chi connectivity index (χ3v) is 4.41. The van der Waals surface area contributed by atoms with E-state index in [9.17, 15) is 9.59 Å². The summed E-state index contributed by atoms with van der Waals surface area (Å²) in [4.78, 5) is 26.7. The molecule has 3 aromatic rings. The number of likely N-dealkylation sites (N-methyl/N-ethyl adjacent to an activating group) is 1. The standard InChI is InChI=1S/C20H19ClN2O3/c1-23(2)16(13-6-4-3-5-7-13)12-22-20(25)19-11-17(24)15-10-14(21)8-9-18(15)26-19/h3-11,16H,12H2,1-2H3,(H,22,25)/t16-/m0/s1. The Bertz CT molecular complexity index is 983. The first-order chi connectivity index (χ1) is 12.5. The van der Waals surface area contributed by atoms with E-state index in [0.717, 1.165) is 5.56 Å². The number of hydrogen-bond donors (Lipinski definition) is 1. The highest BCUT2D eigenvalue weighted by Gasteiger charge is 2.17. The number of carbonyl (C=O) groups excluding carboxylic acids is 1. The van der Waals surface area contributed by atoms with Crippen LogP contribution in [0.15, 0.2) is 63.8 Å². The Hall–Kier alpha value is -2.63. The van der Waals surface area contributed by atoms with E-state index in [2.05, 4.69) is 5.32 Å². The second-order valence-corrected chi connectivity index (χ2v) is 6.65. The lowest BCUT2D eigenvalue weighted by Gasteiger charge is -2.25. The van der Waals surface area contributed by atoms with Gasteiger partial charge in [0.2, 0.25) is 0 Å².